The quantitative estimate of drug-likeness (QED) is 0.732. The lowest BCUT2D eigenvalue weighted by atomic mass is 9.78. The zero-order valence-electron chi connectivity index (χ0n) is 17.7. The molecule has 160 valence electrons. The molecule has 0 aromatic heterocycles. The van der Waals surface area contributed by atoms with Crippen molar-refractivity contribution in [2.45, 2.75) is 46.1 Å². The number of nitrogens with one attached hydrogen (secondary N) is 2. The van der Waals surface area contributed by atoms with Gasteiger partial charge in [-0.05, 0) is 36.9 Å². The number of hydrogen-bond acceptors (Lipinski definition) is 5. The molecule has 0 saturated heterocycles. The predicted octanol–water partition coefficient (Wildman–Crippen LogP) is 2.66. The van der Waals surface area contributed by atoms with Gasteiger partial charge in [0.2, 0.25) is 11.8 Å². The zero-order chi connectivity index (χ0) is 20.8. The van der Waals surface area contributed by atoms with Gasteiger partial charge in [0.15, 0.2) is 11.5 Å². The maximum atomic E-state index is 12.5. The van der Waals surface area contributed by atoms with Gasteiger partial charge in [0.1, 0.15) is 13.2 Å². The Morgan fingerprint density at radius 2 is 1.79 bits per heavy atom. The predicted molar refractivity (Wildman–Crippen MR) is 112 cm³/mol. The smallest absolute Gasteiger partial charge is 0.238 e. The minimum absolute atomic E-state index is 0.00932. The van der Waals surface area contributed by atoms with E-state index in [1.54, 1.807) is 18.2 Å². The number of ether oxygens (including phenoxy) is 2. The Morgan fingerprint density at radius 1 is 1.07 bits per heavy atom. The third-order valence-electron chi connectivity index (χ3n) is 6.06. The van der Waals surface area contributed by atoms with Crippen LogP contribution in [0.25, 0.3) is 0 Å². The molecule has 1 aromatic carbocycles. The normalized spacial score (nSPS) is 23.5. The zero-order valence-corrected chi connectivity index (χ0v) is 17.7. The molecule has 0 bridgehead atoms. The lowest BCUT2D eigenvalue weighted by Gasteiger charge is -2.35. The van der Waals surface area contributed by atoms with E-state index in [0.29, 0.717) is 48.8 Å². The molecule has 29 heavy (non-hydrogen) atoms. The Hall–Kier alpha value is -2.28. The van der Waals surface area contributed by atoms with E-state index in [0.717, 1.165) is 12.8 Å². The fraction of sp³-hybridized carbons (Fsp3) is 0.636. The van der Waals surface area contributed by atoms with Gasteiger partial charge in [-0.1, -0.05) is 33.6 Å². The highest BCUT2D eigenvalue weighted by Crippen LogP contribution is 2.32. The molecule has 3 rings (SSSR count). The summed E-state index contributed by atoms with van der Waals surface area (Å²) in [6.07, 6.45) is 3.43. The molecule has 0 spiro atoms. The van der Waals surface area contributed by atoms with Crippen molar-refractivity contribution in [1.29, 1.82) is 0 Å². The summed E-state index contributed by atoms with van der Waals surface area (Å²) in [7, 11) is 0. The van der Waals surface area contributed by atoms with Crippen LogP contribution in [-0.2, 0) is 9.59 Å². The van der Waals surface area contributed by atoms with Gasteiger partial charge in [-0.15, -0.1) is 0 Å². The van der Waals surface area contributed by atoms with Crippen molar-refractivity contribution in [3.8, 4) is 11.5 Å². The van der Waals surface area contributed by atoms with E-state index >= 15 is 0 Å². The van der Waals surface area contributed by atoms with Gasteiger partial charge < -0.3 is 20.1 Å². The summed E-state index contributed by atoms with van der Waals surface area (Å²) in [6.45, 7) is 8.47. The molecule has 1 aliphatic carbocycles. The van der Waals surface area contributed by atoms with E-state index in [1.165, 1.54) is 6.42 Å². The maximum absolute atomic E-state index is 12.5. The Labute approximate surface area is 173 Å². The minimum atomic E-state index is -0.156. The van der Waals surface area contributed by atoms with Crippen LogP contribution < -0.4 is 20.1 Å². The summed E-state index contributed by atoms with van der Waals surface area (Å²) in [5, 5.41) is 6.05. The molecular formula is C22H33N3O4. The van der Waals surface area contributed by atoms with E-state index in [-0.39, 0.29) is 30.9 Å². The lowest BCUT2D eigenvalue weighted by molar-refractivity contribution is -0.124. The third-order valence-corrected chi connectivity index (χ3v) is 6.06. The van der Waals surface area contributed by atoms with Crippen molar-refractivity contribution in [2.24, 2.45) is 11.8 Å². The van der Waals surface area contributed by atoms with Crippen molar-refractivity contribution in [3.05, 3.63) is 18.2 Å². The molecule has 3 atom stereocenters. The van der Waals surface area contributed by atoms with Crippen LogP contribution >= 0.6 is 0 Å². The second-order valence-electron chi connectivity index (χ2n) is 8.15. The number of nitrogens with zero attached hydrogens (tertiary/aromatic N) is 1. The molecule has 1 fully saturated rings. The summed E-state index contributed by atoms with van der Waals surface area (Å²) in [6, 6.07) is 5.58. The first-order valence-corrected chi connectivity index (χ1v) is 10.7. The molecule has 2 amide bonds. The van der Waals surface area contributed by atoms with Gasteiger partial charge in [-0.3, -0.25) is 14.5 Å². The average Bonchev–Trinajstić information content (AvgIpc) is 2.70. The van der Waals surface area contributed by atoms with Crippen molar-refractivity contribution in [3.63, 3.8) is 0 Å². The highest BCUT2D eigenvalue weighted by molar-refractivity contribution is 5.93. The topological polar surface area (TPSA) is 79.9 Å². The largest absolute Gasteiger partial charge is 0.486 e. The molecule has 7 heteroatoms. The minimum Gasteiger partial charge on any atom is -0.486 e. The number of carbonyl (C=O) groups excluding carboxylic acids is 2. The number of hydrogen-bond donors (Lipinski definition) is 2. The summed E-state index contributed by atoms with van der Waals surface area (Å²) >= 11 is 0. The van der Waals surface area contributed by atoms with Crippen LogP contribution in [0, 0.1) is 11.8 Å². The van der Waals surface area contributed by atoms with Crippen LogP contribution in [0.15, 0.2) is 18.2 Å². The molecule has 7 nitrogen and oxygen atoms in total. The van der Waals surface area contributed by atoms with Gasteiger partial charge in [-0.2, -0.15) is 0 Å². The number of likely N-dealkylation sites (N-methyl/N-ethyl adjacent to an activating group) is 1. The molecule has 1 heterocycles. The molecule has 1 aliphatic heterocycles. The van der Waals surface area contributed by atoms with Crippen LogP contribution in [0.1, 0.15) is 40.0 Å². The molecule has 3 unspecified atom stereocenters. The number of anilines is 1. The lowest BCUT2D eigenvalue weighted by Crippen LogP contribution is -2.48. The van der Waals surface area contributed by atoms with E-state index in [4.69, 9.17) is 9.47 Å². The van der Waals surface area contributed by atoms with Crippen LogP contribution in [0.4, 0.5) is 5.69 Å². The number of carbonyl (C=O) groups is 2. The second kappa shape index (κ2) is 9.96. The van der Waals surface area contributed by atoms with E-state index in [9.17, 15) is 9.59 Å². The fourth-order valence-electron chi connectivity index (χ4n) is 4.05. The van der Waals surface area contributed by atoms with Crippen molar-refractivity contribution < 1.29 is 19.1 Å². The maximum Gasteiger partial charge on any atom is 0.238 e. The first kappa shape index (κ1) is 21.4. The van der Waals surface area contributed by atoms with Gasteiger partial charge in [-0.25, -0.2) is 0 Å². The second-order valence-corrected chi connectivity index (χ2v) is 8.15. The van der Waals surface area contributed by atoms with Crippen molar-refractivity contribution in [2.75, 3.05) is 38.2 Å². The highest BCUT2D eigenvalue weighted by atomic mass is 16.6. The summed E-state index contributed by atoms with van der Waals surface area (Å²) in [5.74, 6) is 2.28. The SMILES string of the molecule is CCN(CC(=O)Nc1ccc2c(c1)OCCO2)CC(=O)NC1CCCC(C)C1C. The summed E-state index contributed by atoms with van der Waals surface area (Å²) < 4.78 is 11.0. The number of amides is 2. The monoisotopic (exact) mass is 403 g/mol. The standard InChI is InChI=1S/C22H33N3O4/c1-4-25(14-22(27)24-18-7-5-6-15(2)16(18)3)13-21(26)23-17-8-9-19-20(12-17)29-11-10-28-19/h8-9,12,15-16,18H,4-7,10-11,13-14H2,1-3H3,(H,23,26)(H,24,27). The summed E-state index contributed by atoms with van der Waals surface area (Å²) in [4.78, 5) is 26.8. The molecule has 1 aromatic rings. The number of fused-ring (bicyclic) bond motifs is 1. The third kappa shape index (κ3) is 5.85. The van der Waals surface area contributed by atoms with Crippen LogP contribution in [0.5, 0.6) is 11.5 Å². The molecule has 1 saturated carbocycles. The Morgan fingerprint density at radius 3 is 2.55 bits per heavy atom. The van der Waals surface area contributed by atoms with Crippen LogP contribution in [0.3, 0.4) is 0 Å². The summed E-state index contributed by atoms with van der Waals surface area (Å²) in [5.41, 5.74) is 0.657. The van der Waals surface area contributed by atoms with Crippen molar-refractivity contribution in [1.82, 2.24) is 10.2 Å². The van der Waals surface area contributed by atoms with Gasteiger partial charge in [0, 0.05) is 17.8 Å². The van der Waals surface area contributed by atoms with Gasteiger partial charge >= 0.3 is 0 Å². The molecule has 0 radical (unpaired) electrons. The van der Waals surface area contributed by atoms with Crippen LogP contribution in [-0.4, -0.2) is 55.6 Å². The average molecular weight is 404 g/mol. The number of benzene rings is 1. The molecular weight excluding hydrogens is 370 g/mol. The Kier molecular flexibility index (Phi) is 7.36. The van der Waals surface area contributed by atoms with E-state index in [2.05, 4.69) is 24.5 Å². The highest BCUT2D eigenvalue weighted by Gasteiger charge is 2.28. The van der Waals surface area contributed by atoms with Gasteiger partial charge in [0.05, 0.1) is 13.1 Å². The Balaban J connectivity index is 1.48. The van der Waals surface area contributed by atoms with Gasteiger partial charge in [0.25, 0.3) is 0 Å². The van der Waals surface area contributed by atoms with Crippen LogP contribution in [0.2, 0.25) is 0 Å². The Bertz CT molecular complexity index is 724. The first-order chi connectivity index (χ1) is 14.0. The molecule has 2 N–H and O–H groups in total. The van der Waals surface area contributed by atoms with Crippen molar-refractivity contribution >= 4 is 17.5 Å². The fourth-order valence-corrected chi connectivity index (χ4v) is 4.05. The first-order valence-electron chi connectivity index (χ1n) is 10.7. The van der Waals surface area contributed by atoms with E-state index < -0.39 is 0 Å². The number of rotatable bonds is 7. The molecule has 2 aliphatic rings. The van der Waals surface area contributed by atoms with E-state index in [1.807, 2.05) is 11.8 Å².